The number of thioether (sulfide) groups is 1. The number of aryl methyl sites for hydroxylation is 1. The first-order valence-corrected chi connectivity index (χ1v) is 9.11. The molecule has 1 amide bonds. The van der Waals surface area contributed by atoms with E-state index in [0.29, 0.717) is 5.75 Å². The molecule has 0 saturated heterocycles. The molecule has 1 aromatic carbocycles. The van der Waals surface area contributed by atoms with Gasteiger partial charge in [-0.3, -0.25) is 4.79 Å². The molecule has 6 nitrogen and oxygen atoms in total. The molecule has 2 heterocycles. The van der Waals surface area contributed by atoms with E-state index in [4.69, 9.17) is 9.72 Å². The smallest absolute Gasteiger partial charge is 0.244 e. The Balaban J connectivity index is 1.86. The summed E-state index contributed by atoms with van der Waals surface area (Å²) in [5.41, 5.74) is 3.98. The van der Waals surface area contributed by atoms with Crippen molar-refractivity contribution in [3.8, 4) is 5.75 Å². The van der Waals surface area contributed by atoms with Gasteiger partial charge in [0.1, 0.15) is 18.1 Å². The molecule has 0 bridgehead atoms. The van der Waals surface area contributed by atoms with Gasteiger partial charge in [-0.1, -0.05) is 11.8 Å². The van der Waals surface area contributed by atoms with E-state index in [-0.39, 0.29) is 12.5 Å². The van der Waals surface area contributed by atoms with E-state index < -0.39 is 0 Å². The Labute approximate surface area is 144 Å². The Morgan fingerprint density at radius 2 is 2.17 bits per heavy atom. The van der Waals surface area contributed by atoms with Crippen LogP contribution in [0.3, 0.4) is 0 Å². The molecular weight excluding hydrogens is 324 g/mol. The molecule has 0 unspecified atom stereocenters. The summed E-state index contributed by atoms with van der Waals surface area (Å²) in [6, 6.07) is 5.71. The number of aromatic nitrogens is 2. The van der Waals surface area contributed by atoms with Crippen LogP contribution in [0.5, 0.6) is 5.75 Å². The minimum atomic E-state index is -0.0492. The number of carbonyl (C=O) groups excluding carboxylic acids is 1. The minimum Gasteiger partial charge on any atom is -0.497 e. The zero-order valence-electron chi connectivity index (χ0n) is 13.6. The number of nitrogens with one attached hydrogen (secondary N) is 1. The zero-order chi connectivity index (χ0) is 16.7. The topological polar surface area (TPSA) is 67.3 Å². The molecule has 0 atom stereocenters. The Morgan fingerprint density at radius 1 is 1.29 bits per heavy atom. The van der Waals surface area contributed by atoms with Gasteiger partial charge >= 0.3 is 0 Å². The minimum absolute atomic E-state index is 0.0492. The van der Waals surface area contributed by atoms with Crippen molar-refractivity contribution >= 4 is 34.9 Å². The molecule has 7 heteroatoms. The van der Waals surface area contributed by atoms with Crippen molar-refractivity contribution in [1.29, 1.82) is 0 Å². The maximum Gasteiger partial charge on any atom is 0.244 e. The van der Waals surface area contributed by atoms with Gasteiger partial charge in [-0.05, 0) is 37.7 Å². The first-order valence-electron chi connectivity index (χ1n) is 7.89. The van der Waals surface area contributed by atoms with Gasteiger partial charge < -0.3 is 15.0 Å². The summed E-state index contributed by atoms with van der Waals surface area (Å²) in [7, 11) is 1.62. The summed E-state index contributed by atoms with van der Waals surface area (Å²) in [6.07, 6.45) is 5.00. The van der Waals surface area contributed by atoms with Crippen LogP contribution in [0.25, 0.3) is 0 Å². The van der Waals surface area contributed by atoms with Crippen molar-refractivity contribution in [1.82, 2.24) is 9.97 Å². The van der Waals surface area contributed by atoms with Crippen molar-refractivity contribution in [3.63, 3.8) is 0 Å². The highest BCUT2D eigenvalue weighted by molar-refractivity contribution is 7.98. The number of methoxy groups -OCH3 is 1. The monoisotopic (exact) mass is 342 g/mol. The summed E-state index contributed by atoms with van der Waals surface area (Å²) >= 11 is 1.53. The predicted octanol–water partition coefficient (Wildman–Crippen LogP) is 2.79. The fourth-order valence-electron chi connectivity index (χ4n) is 3.29. The second-order valence-electron chi connectivity index (χ2n) is 5.83. The first kappa shape index (κ1) is 15.3. The van der Waals surface area contributed by atoms with Crippen molar-refractivity contribution < 1.29 is 9.53 Å². The van der Waals surface area contributed by atoms with Crippen molar-refractivity contribution in [2.24, 2.45) is 0 Å². The number of rotatable bonds is 3. The lowest BCUT2D eigenvalue weighted by molar-refractivity contribution is -0.115. The summed E-state index contributed by atoms with van der Waals surface area (Å²) in [4.78, 5) is 23.6. The number of nitrogens with zero attached hydrogens (tertiary/aromatic N) is 3. The second-order valence-corrected chi connectivity index (χ2v) is 6.60. The number of hydrogen-bond donors (Lipinski definition) is 1. The van der Waals surface area contributed by atoms with Crippen LogP contribution in [0.1, 0.15) is 17.7 Å². The maximum absolute atomic E-state index is 12.2. The highest BCUT2D eigenvalue weighted by Gasteiger charge is 2.29. The van der Waals surface area contributed by atoms with Crippen molar-refractivity contribution in [2.45, 2.75) is 24.4 Å². The summed E-state index contributed by atoms with van der Waals surface area (Å²) in [6.45, 7) is 0.261. The van der Waals surface area contributed by atoms with Gasteiger partial charge in [0.25, 0.3) is 0 Å². The molecule has 2 aromatic rings. The molecule has 4 rings (SSSR count). The van der Waals surface area contributed by atoms with Gasteiger partial charge in [-0.2, -0.15) is 0 Å². The van der Waals surface area contributed by atoms with E-state index in [9.17, 15) is 4.79 Å². The molecule has 0 saturated carbocycles. The highest BCUT2D eigenvalue weighted by atomic mass is 32.2. The fraction of sp³-hybridized carbons (Fsp3) is 0.353. The van der Waals surface area contributed by atoms with Crippen LogP contribution in [0.15, 0.2) is 23.4 Å². The van der Waals surface area contributed by atoms with Gasteiger partial charge in [0.15, 0.2) is 5.16 Å². The Morgan fingerprint density at radius 3 is 2.96 bits per heavy atom. The maximum atomic E-state index is 12.2. The van der Waals surface area contributed by atoms with Crippen LogP contribution >= 0.6 is 11.8 Å². The van der Waals surface area contributed by atoms with Crippen LogP contribution in [0.2, 0.25) is 0 Å². The lowest BCUT2D eigenvalue weighted by atomic mass is 10.1. The van der Waals surface area contributed by atoms with Gasteiger partial charge in [0.2, 0.25) is 5.91 Å². The summed E-state index contributed by atoms with van der Waals surface area (Å²) in [5, 5.41) is 3.68. The Hall–Kier alpha value is -2.28. The van der Waals surface area contributed by atoms with Gasteiger partial charge in [-0.15, -0.1) is 0 Å². The average molecular weight is 342 g/mol. The quantitative estimate of drug-likeness (QED) is 0.683. The molecule has 24 heavy (non-hydrogen) atoms. The van der Waals surface area contributed by atoms with Gasteiger partial charge in [0.05, 0.1) is 24.2 Å². The van der Waals surface area contributed by atoms with Crippen molar-refractivity contribution in [2.75, 3.05) is 30.1 Å². The second kappa shape index (κ2) is 5.98. The van der Waals surface area contributed by atoms with Crippen LogP contribution < -0.4 is 15.0 Å². The molecule has 124 valence electrons. The van der Waals surface area contributed by atoms with Crippen LogP contribution in [-0.4, -0.2) is 35.8 Å². The van der Waals surface area contributed by atoms with E-state index in [2.05, 4.69) is 10.3 Å². The molecule has 0 radical (unpaired) electrons. The number of carbonyl (C=O) groups is 1. The summed E-state index contributed by atoms with van der Waals surface area (Å²) in [5.74, 6) is 1.53. The number of anilines is 3. The Bertz CT molecular complexity index is 824. The Kier molecular flexibility index (Phi) is 3.80. The molecule has 2 aliphatic rings. The zero-order valence-corrected chi connectivity index (χ0v) is 14.4. The van der Waals surface area contributed by atoms with Crippen LogP contribution in [0.4, 0.5) is 17.2 Å². The number of ether oxygens (including phenoxy) is 1. The van der Waals surface area contributed by atoms with Gasteiger partial charge in [-0.25, -0.2) is 9.97 Å². The standard InChI is InChI=1S/C17H18N4O2S/c1-23-10-6-7-14-13(8-10)18-15(22)9-21(14)16-11-4-3-5-12(11)19-17(20-16)24-2/h6-8H,3-5,9H2,1-2H3,(H,18,22). The molecule has 1 N–H and O–H groups in total. The molecule has 1 aliphatic carbocycles. The third-order valence-corrected chi connectivity index (χ3v) is 4.95. The van der Waals surface area contributed by atoms with E-state index in [0.717, 1.165) is 47.3 Å². The van der Waals surface area contributed by atoms with E-state index in [1.165, 1.54) is 17.3 Å². The normalized spacial score (nSPS) is 15.8. The average Bonchev–Trinajstić information content (AvgIpc) is 3.07. The van der Waals surface area contributed by atoms with Crippen LogP contribution in [0, 0.1) is 0 Å². The number of fused-ring (bicyclic) bond motifs is 2. The van der Waals surface area contributed by atoms with Gasteiger partial charge in [0, 0.05) is 11.6 Å². The van der Waals surface area contributed by atoms with E-state index in [1.54, 1.807) is 7.11 Å². The molecule has 0 fully saturated rings. The largest absolute Gasteiger partial charge is 0.497 e. The van der Waals surface area contributed by atoms with Crippen LogP contribution in [-0.2, 0) is 17.6 Å². The van der Waals surface area contributed by atoms with Crippen molar-refractivity contribution in [3.05, 3.63) is 29.5 Å². The molecule has 0 spiro atoms. The fourth-order valence-corrected chi connectivity index (χ4v) is 3.67. The number of hydrogen-bond acceptors (Lipinski definition) is 6. The number of benzene rings is 1. The van der Waals surface area contributed by atoms with E-state index in [1.807, 2.05) is 29.4 Å². The molecule has 1 aliphatic heterocycles. The molecule has 1 aromatic heterocycles. The number of amides is 1. The lowest BCUT2D eigenvalue weighted by Crippen LogP contribution is -2.36. The first-order chi connectivity index (χ1) is 11.7. The SMILES string of the molecule is COc1ccc2c(c1)NC(=O)CN2c1nc(SC)nc2c1CCC2. The summed E-state index contributed by atoms with van der Waals surface area (Å²) < 4.78 is 5.27. The third kappa shape index (κ3) is 2.49. The predicted molar refractivity (Wildman–Crippen MR) is 94.5 cm³/mol. The highest BCUT2D eigenvalue weighted by Crippen LogP contribution is 2.40. The van der Waals surface area contributed by atoms with E-state index >= 15 is 0 Å². The molecular formula is C17H18N4O2S. The lowest BCUT2D eigenvalue weighted by Gasteiger charge is -2.31. The third-order valence-electron chi connectivity index (χ3n) is 4.40.